The predicted molar refractivity (Wildman–Crippen MR) is 83.4 cm³/mol. The normalized spacial score (nSPS) is 12.5. The quantitative estimate of drug-likeness (QED) is 0.745. The third-order valence-corrected chi connectivity index (χ3v) is 3.76. The molecule has 0 radical (unpaired) electrons. The van der Waals surface area contributed by atoms with Crippen LogP contribution in [0.4, 0.5) is 4.39 Å². The highest BCUT2D eigenvalue weighted by molar-refractivity contribution is 5.77. The van der Waals surface area contributed by atoms with Gasteiger partial charge in [-0.2, -0.15) is 0 Å². The van der Waals surface area contributed by atoms with E-state index >= 15 is 0 Å². The number of nitrogens with zero attached hydrogens (tertiary/aromatic N) is 3. The van der Waals surface area contributed by atoms with Crippen LogP contribution < -0.4 is 5.56 Å². The molecular weight excluding hydrogens is 281 g/mol. The maximum atomic E-state index is 13.7. The summed E-state index contributed by atoms with van der Waals surface area (Å²) in [5, 5.41) is 0.285. The molecule has 0 N–H and O–H groups in total. The summed E-state index contributed by atoms with van der Waals surface area (Å²) in [6, 6.07) is 8.08. The minimum absolute atomic E-state index is 0.107. The highest BCUT2D eigenvalue weighted by Gasteiger charge is 2.17. The van der Waals surface area contributed by atoms with Gasteiger partial charge >= 0.3 is 0 Å². The first-order chi connectivity index (χ1) is 10.6. The lowest BCUT2D eigenvalue weighted by atomic mass is 10.1. The molecule has 0 aliphatic heterocycles. The van der Waals surface area contributed by atoms with Gasteiger partial charge in [0, 0.05) is 6.20 Å². The van der Waals surface area contributed by atoms with Crippen molar-refractivity contribution < 1.29 is 4.39 Å². The summed E-state index contributed by atoms with van der Waals surface area (Å²) >= 11 is 0. The van der Waals surface area contributed by atoms with Gasteiger partial charge in [-0.15, -0.1) is 0 Å². The smallest absolute Gasteiger partial charge is 0.261 e. The van der Waals surface area contributed by atoms with E-state index in [1.807, 2.05) is 26.0 Å². The lowest BCUT2D eigenvalue weighted by Crippen LogP contribution is -2.26. The van der Waals surface area contributed by atoms with Gasteiger partial charge < -0.3 is 0 Å². The van der Waals surface area contributed by atoms with E-state index in [0.29, 0.717) is 6.42 Å². The fourth-order valence-electron chi connectivity index (χ4n) is 2.58. The van der Waals surface area contributed by atoms with E-state index in [0.717, 1.165) is 11.3 Å². The van der Waals surface area contributed by atoms with Gasteiger partial charge in [-0.1, -0.05) is 19.1 Å². The SMILES string of the molecule is CCC(c1ccc(C)cn1)n1cnc2c(F)cccc2c1=O. The van der Waals surface area contributed by atoms with Crippen molar-refractivity contribution in [3.63, 3.8) is 0 Å². The molecular formula is C17H16FN3O. The van der Waals surface area contributed by atoms with Crippen LogP contribution in [0.25, 0.3) is 10.9 Å². The van der Waals surface area contributed by atoms with Crippen LogP contribution in [-0.2, 0) is 0 Å². The van der Waals surface area contributed by atoms with Crippen molar-refractivity contribution in [2.24, 2.45) is 0 Å². The summed E-state index contributed by atoms with van der Waals surface area (Å²) in [5.41, 5.74) is 1.71. The van der Waals surface area contributed by atoms with Gasteiger partial charge in [0.1, 0.15) is 11.3 Å². The van der Waals surface area contributed by atoms with Crippen molar-refractivity contribution in [2.45, 2.75) is 26.3 Å². The first kappa shape index (κ1) is 14.4. The molecule has 1 atom stereocenters. The van der Waals surface area contributed by atoms with Crippen LogP contribution in [0, 0.1) is 12.7 Å². The van der Waals surface area contributed by atoms with E-state index in [1.54, 1.807) is 12.3 Å². The van der Waals surface area contributed by atoms with Crippen LogP contribution in [0.1, 0.15) is 30.6 Å². The molecule has 5 heteroatoms. The third kappa shape index (κ3) is 2.39. The minimum atomic E-state index is -0.483. The molecule has 0 spiro atoms. The number of benzene rings is 1. The Morgan fingerprint density at radius 3 is 2.73 bits per heavy atom. The van der Waals surface area contributed by atoms with Crippen molar-refractivity contribution >= 4 is 10.9 Å². The number of aryl methyl sites for hydroxylation is 1. The summed E-state index contributed by atoms with van der Waals surface area (Å²) in [6.07, 6.45) is 3.87. The third-order valence-electron chi connectivity index (χ3n) is 3.76. The maximum Gasteiger partial charge on any atom is 0.261 e. The highest BCUT2D eigenvalue weighted by atomic mass is 19.1. The van der Waals surface area contributed by atoms with Crippen LogP contribution in [0.5, 0.6) is 0 Å². The zero-order valence-electron chi connectivity index (χ0n) is 12.5. The van der Waals surface area contributed by atoms with Gasteiger partial charge in [-0.25, -0.2) is 9.37 Å². The molecule has 2 heterocycles. The van der Waals surface area contributed by atoms with E-state index < -0.39 is 5.82 Å². The molecule has 1 aromatic carbocycles. The number of pyridine rings is 1. The number of hydrogen-bond donors (Lipinski definition) is 0. The van der Waals surface area contributed by atoms with Crippen LogP contribution >= 0.6 is 0 Å². The largest absolute Gasteiger partial charge is 0.290 e. The fourth-order valence-corrected chi connectivity index (χ4v) is 2.58. The fraction of sp³-hybridized carbons (Fsp3) is 0.235. The Morgan fingerprint density at radius 2 is 2.05 bits per heavy atom. The Kier molecular flexibility index (Phi) is 3.71. The number of aromatic nitrogens is 3. The molecule has 112 valence electrons. The Balaban J connectivity index is 2.17. The molecule has 22 heavy (non-hydrogen) atoms. The topological polar surface area (TPSA) is 47.8 Å². The number of rotatable bonds is 3. The Hall–Kier alpha value is -2.56. The number of halogens is 1. The van der Waals surface area contributed by atoms with Crippen LogP contribution in [0.2, 0.25) is 0 Å². The summed E-state index contributed by atoms with van der Waals surface area (Å²) in [7, 11) is 0. The van der Waals surface area contributed by atoms with E-state index in [4.69, 9.17) is 0 Å². The molecule has 2 aromatic heterocycles. The van der Waals surface area contributed by atoms with Crippen molar-refractivity contribution in [2.75, 3.05) is 0 Å². The maximum absolute atomic E-state index is 13.7. The van der Waals surface area contributed by atoms with E-state index in [9.17, 15) is 9.18 Å². The Labute approximate surface area is 127 Å². The summed E-state index contributed by atoms with van der Waals surface area (Å²) < 4.78 is 15.3. The number of hydrogen-bond acceptors (Lipinski definition) is 3. The molecule has 0 fully saturated rings. The van der Waals surface area contributed by atoms with Crippen LogP contribution in [-0.4, -0.2) is 14.5 Å². The predicted octanol–water partition coefficient (Wildman–Crippen LogP) is 3.24. The zero-order chi connectivity index (χ0) is 15.7. The average molecular weight is 297 g/mol. The zero-order valence-corrected chi connectivity index (χ0v) is 12.5. The standard InChI is InChI=1S/C17H16FN3O/c1-3-15(14-8-7-11(2)9-19-14)21-10-20-16-12(17(21)22)5-4-6-13(16)18/h4-10,15H,3H2,1-2H3. The molecule has 0 amide bonds. The lowest BCUT2D eigenvalue weighted by Gasteiger charge is -2.18. The molecule has 3 rings (SSSR count). The second-order valence-electron chi connectivity index (χ2n) is 5.28. The summed E-state index contributed by atoms with van der Waals surface area (Å²) in [5.74, 6) is -0.483. The first-order valence-corrected chi connectivity index (χ1v) is 7.19. The van der Waals surface area contributed by atoms with Crippen molar-refractivity contribution in [1.82, 2.24) is 14.5 Å². The summed E-state index contributed by atoms with van der Waals surface area (Å²) in [6.45, 7) is 3.94. The van der Waals surface area contributed by atoms with Gasteiger partial charge in [-0.05, 0) is 37.1 Å². The Morgan fingerprint density at radius 1 is 1.23 bits per heavy atom. The van der Waals surface area contributed by atoms with Crippen molar-refractivity contribution in [3.05, 3.63) is 70.3 Å². The van der Waals surface area contributed by atoms with Crippen LogP contribution in [0.3, 0.4) is 0 Å². The van der Waals surface area contributed by atoms with Crippen molar-refractivity contribution in [3.8, 4) is 0 Å². The Bertz CT molecular complexity index is 871. The molecule has 0 saturated carbocycles. The molecule has 4 nitrogen and oxygen atoms in total. The molecule has 0 aliphatic rings. The molecule has 3 aromatic rings. The number of para-hydroxylation sites is 1. The van der Waals surface area contributed by atoms with Crippen LogP contribution in [0.15, 0.2) is 47.7 Å². The van der Waals surface area contributed by atoms with Gasteiger partial charge in [0.2, 0.25) is 0 Å². The van der Waals surface area contributed by atoms with E-state index in [1.165, 1.54) is 23.0 Å². The lowest BCUT2D eigenvalue weighted by molar-refractivity contribution is 0.529. The summed E-state index contributed by atoms with van der Waals surface area (Å²) in [4.78, 5) is 21.2. The average Bonchev–Trinajstić information content (AvgIpc) is 2.52. The van der Waals surface area contributed by atoms with E-state index in [2.05, 4.69) is 9.97 Å². The first-order valence-electron chi connectivity index (χ1n) is 7.19. The van der Waals surface area contributed by atoms with E-state index in [-0.39, 0.29) is 22.5 Å². The van der Waals surface area contributed by atoms with Crippen molar-refractivity contribution in [1.29, 1.82) is 0 Å². The monoisotopic (exact) mass is 297 g/mol. The van der Waals surface area contributed by atoms with Gasteiger partial charge in [0.25, 0.3) is 5.56 Å². The van der Waals surface area contributed by atoms with Gasteiger partial charge in [0.05, 0.1) is 23.4 Å². The highest BCUT2D eigenvalue weighted by Crippen LogP contribution is 2.20. The van der Waals surface area contributed by atoms with Gasteiger partial charge in [-0.3, -0.25) is 14.3 Å². The molecule has 0 aliphatic carbocycles. The molecule has 1 unspecified atom stereocenters. The molecule has 0 saturated heterocycles. The number of fused-ring (bicyclic) bond motifs is 1. The molecule has 0 bridgehead atoms. The second kappa shape index (κ2) is 5.67. The minimum Gasteiger partial charge on any atom is -0.290 e. The second-order valence-corrected chi connectivity index (χ2v) is 5.28. The van der Waals surface area contributed by atoms with Gasteiger partial charge in [0.15, 0.2) is 0 Å².